The van der Waals surface area contributed by atoms with Gasteiger partial charge in [0, 0.05) is 6.54 Å². The zero-order valence-corrected chi connectivity index (χ0v) is 8.87. The van der Waals surface area contributed by atoms with Crippen molar-refractivity contribution in [1.82, 2.24) is 5.48 Å². The molecular weight excluding hydrogens is 178 g/mol. The van der Waals surface area contributed by atoms with E-state index in [9.17, 15) is 0 Å². The SMILES string of the molecule is COc1ccc(CNO)cc1C(C)C. The van der Waals surface area contributed by atoms with Crippen LogP contribution in [0.15, 0.2) is 18.2 Å². The molecule has 0 saturated heterocycles. The van der Waals surface area contributed by atoms with Crippen LogP contribution in [0.25, 0.3) is 0 Å². The minimum absolute atomic E-state index is 0.420. The summed E-state index contributed by atoms with van der Waals surface area (Å²) >= 11 is 0. The minimum atomic E-state index is 0.420. The third kappa shape index (κ3) is 2.47. The zero-order chi connectivity index (χ0) is 10.6. The molecule has 2 N–H and O–H groups in total. The van der Waals surface area contributed by atoms with Gasteiger partial charge in [0.15, 0.2) is 0 Å². The van der Waals surface area contributed by atoms with Crippen molar-refractivity contribution < 1.29 is 9.94 Å². The van der Waals surface area contributed by atoms with Gasteiger partial charge < -0.3 is 9.94 Å². The predicted octanol–water partition coefficient (Wildman–Crippen LogP) is 2.30. The lowest BCUT2D eigenvalue weighted by Crippen LogP contribution is -2.07. The van der Waals surface area contributed by atoms with Crippen LogP contribution in [0.3, 0.4) is 0 Å². The maximum Gasteiger partial charge on any atom is 0.122 e. The highest BCUT2D eigenvalue weighted by Gasteiger charge is 2.07. The molecule has 0 atom stereocenters. The monoisotopic (exact) mass is 195 g/mol. The fourth-order valence-corrected chi connectivity index (χ4v) is 1.44. The normalized spacial score (nSPS) is 10.6. The summed E-state index contributed by atoms with van der Waals surface area (Å²) in [6.45, 7) is 4.70. The number of benzene rings is 1. The molecule has 0 aliphatic carbocycles. The molecule has 78 valence electrons. The highest BCUT2D eigenvalue weighted by Crippen LogP contribution is 2.27. The van der Waals surface area contributed by atoms with Crippen LogP contribution in [0, 0.1) is 0 Å². The van der Waals surface area contributed by atoms with E-state index in [0.29, 0.717) is 12.5 Å². The topological polar surface area (TPSA) is 41.5 Å². The Labute approximate surface area is 84.7 Å². The number of nitrogens with one attached hydrogen (secondary N) is 1. The van der Waals surface area contributed by atoms with Crippen LogP contribution >= 0.6 is 0 Å². The van der Waals surface area contributed by atoms with Gasteiger partial charge in [0.05, 0.1) is 7.11 Å². The fraction of sp³-hybridized carbons (Fsp3) is 0.455. The molecule has 1 aromatic rings. The summed E-state index contributed by atoms with van der Waals surface area (Å²) in [5.41, 5.74) is 4.37. The van der Waals surface area contributed by atoms with Crippen molar-refractivity contribution in [3.05, 3.63) is 29.3 Å². The molecular formula is C11H17NO2. The molecule has 14 heavy (non-hydrogen) atoms. The third-order valence-corrected chi connectivity index (χ3v) is 2.20. The number of hydrogen-bond donors (Lipinski definition) is 2. The second-order valence-corrected chi connectivity index (χ2v) is 3.57. The molecule has 0 amide bonds. The lowest BCUT2D eigenvalue weighted by atomic mass is 9.99. The van der Waals surface area contributed by atoms with Crippen LogP contribution in [0.5, 0.6) is 5.75 Å². The summed E-state index contributed by atoms with van der Waals surface area (Å²) < 4.78 is 5.26. The summed E-state index contributed by atoms with van der Waals surface area (Å²) in [6, 6.07) is 5.92. The van der Waals surface area contributed by atoms with Crippen molar-refractivity contribution in [2.45, 2.75) is 26.3 Å². The van der Waals surface area contributed by atoms with E-state index in [1.807, 2.05) is 18.2 Å². The Bertz CT molecular complexity index is 297. The number of hydroxylamine groups is 1. The Morgan fingerprint density at radius 3 is 2.64 bits per heavy atom. The largest absolute Gasteiger partial charge is 0.496 e. The fourth-order valence-electron chi connectivity index (χ4n) is 1.44. The molecule has 1 aromatic carbocycles. The molecule has 0 heterocycles. The number of rotatable bonds is 4. The van der Waals surface area contributed by atoms with Gasteiger partial charge in [-0.2, -0.15) is 0 Å². The van der Waals surface area contributed by atoms with E-state index in [4.69, 9.17) is 9.94 Å². The first-order valence-corrected chi connectivity index (χ1v) is 4.72. The first-order chi connectivity index (χ1) is 6.69. The molecule has 3 nitrogen and oxygen atoms in total. The molecule has 0 bridgehead atoms. The maximum atomic E-state index is 8.59. The van der Waals surface area contributed by atoms with Crippen molar-refractivity contribution in [3.8, 4) is 5.75 Å². The molecule has 0 aromatic heterocycles. The minimum Gasteiger partial charge on any atom is -0.496 e. The first kappa shape index (κ1) is 11.0. The van der Waals surface area contributed by atoms with Crippen LogP contribution in [0.1, 0.15) is 30.9 Å². The van der Waals surface area contributed by atoms with Gasteiger partial charge in [0.1, 0.15) is 5.75 Å². The Morgan fingerprint density at radius 1 is 1.43 bits per heavy atom. The van der Waals surface area contributed by atoms with Crippen LogP contribution in [0.4, 0.5) is 0 Å². The number of methoxy groups -OCH3 is 1. The molecule has 0 radical (unpaired) electrons. The summed E-state index contributed by atoms with van der Waals surface area (Å²) in [6.07, 6.45) is 0. The molecule has 1 rings (SSSR count). The van der Waals surface area contributed by atoms with E-state index < -0.39 is 0 Å². The Kier molecular flexibility index (Phi) is 3.92. The Balaban J connectivity index is 3.01. The van der Waals surface area contributed by atoms with Crippen molar-refractivity contribution in [2.75, 3.05) is 7.11 Å². The molecule has 0 unspecified atom stereocenters. The first-order valence-electron chi connectivity index (χ1n) is 4.72. The van der Waals surface area contributed by atoms with Gasteiger partial charge in [-0.3, -0.25) is 0 Å². The van der Waals surface area contributed by atoms with Gasteiger partial charge in [-0.1, -0.05) is 26.0 Å². The molecule has 0 fully saturated rings. The summed E-state index contributed by atoms with van der Waals surface area (Å²) in [5, 5.41) is 8.59. The highest BCUT2D eigenvalue weighted by molar-refractivity contribution is 5.39. The number of ether oxygens (including phenoxy) is 1. The highest BCUT2D eigenvalue weighted by atomic mass is 16.5. The van der Waals surface area contributed by atoms with E-state index in [-0.39, 0.29) is 0 Å². The molecule has 3 heteroatoms. The maximum absolute atomic E-state index is 8.59. The Morgan fingerprint density at radius 2 is 2.14 bits per heavy atom. The van der Waals surface area contributed by atoms with Crippen LogP contribution in [-0.4, -0.2) is 12.3 Å². The van der Waals surface area contributed by atoms with E-state index in [2.05, 4.69) is 19.3 Å². The Hall–Kier alpha value is -1.06. The second-order valence-electron chi connectivity index (χ2n) is 3.57. The van der Waals surface area contributed by atoms with Crippen molar-refractivity contribution >= 4 is 0 Å². The average Bonchev–Trinajstić information content (AvgIpc) is 2.18. The molecule has 0 aliphatic heterocycles. The lowest BCUT2D eigenvalue weighted by Gasteiger charge is -2.13. The smallest absolute Gasteiger partial charge is 0.122 e. The predicted molar refractivity (Wildman–Crippen MR) is 55.7 cm³/mol. The zero-order valence-electron chi connectivity index (χ0n) is 8.87. The van der Waals surface area contributed by atoms with Crippen LogP contribution in [-0.2, 0) is 6.54 Å². The van der Waals surface area contributed by atoms with Crippen molar-refractivity contribution in [2.24, 2.45) is 0 Å². The van der Waals surface area contributed by atoms with Crippen LogP contribution in [0.2, 0.25) is 0 Å². The van der Waals surface area contributed by atoms with E-state index in [1.165, 1.54) is 5.56 Å². The van der Waals surface area contributed by atoms with Crippen molar-refractivity contribution in [3.63, 3.8) is 0 Å². The summed E-state index contributed by atoms with van der Waals surface area (Å²) in [4.78, 5) is 0. The average molecular weight is 195 g/mol. The van der Waals surface area contributed by atoms with Gasteiger partial charge in [-0.25, -0.2) is 5.48 Å². The van der Waals surface area contributed by atoms with Gasteiger partial charge in [-0.15, -0.1) is 0 Å². The molecule has 0 saturated carbocycles. The van der Waals surface area contributed by atoms with Gasteiger partial charge in [0.25, 0.3) is 0 Å². The van der Waals surface area contributed by atoms with Gasteiger partial charge in [-0.05, 0) is 23.1 Å². The van der Waals surface area contributed by atoms with E-state index in [1.54, 1.807) is 7.11 Å². The second kappa shape index (κ2) is 4.98. The standard InChI is InChI=1S/C11H17NO2/c1-8(2)10-6-9(7-12-13)4-5-11(10)14-3/h4-6,8,12-13H,7H2,1-3H3. The van der Waals surface area contributed by atoms with Gasteiger partial charge >= 0.3 is 0 Å². The van der Waals surface area contributed by atoms with Crippen LogP contribution < -0.4 is 10.2 Å². The van der Waals surface area contributed by atoms with E-state index in [0.717, 1.165) is 11.3 Å². The molecule has 0 spiro atoms. The lowest BCUT2D eigenvalue weighted by molar-refractivity contribution is 0.161. The molecule has 0 aliphatic rings. The third-order valence-electron chi connectivity index (χ3n) is 2.20. The van der Waals surface area contributed by atoms with Crippen molar-refractivity contribution in [1.29, 1.82) is 0 Å². The van der Waals surface area contributed by atoms with Gasteiger partial charge in [0.2, 0.25) is 0 Å². The number of hydrogen-bond acceptors (Lipinski definition) is 3. The van der Waals surface area contributed by atoms with E-state index >= 15 is 0 Å². The summed E-state index contributed by atoms with van der Waals surface area (Å²) in [5.74, 6) is 1.32. The summed E-state index contributed by atoms with van der Waals surface area (Å²) in [7, 11) is 1.67. The quantitative estimate of drug-likeness (QED) is 0.724.